The first-order valence-corrected chi connectivity index (χ1v) is 6.38. The summed E-state index contributed by atoms with van der Waals surface area (Å²) in [6.45, 7) is 0.371. The highest BCUT2D eigenvalue weighted by Crippen LogP contribution is 2.06. The summed E-state index contributed by atoms with van der Waals surface area (Å²) in [5.74, 6) is -0.269. The van der Waals surface area contributed by atoms with Crippen LogP contribution in [0.15, 0.2) is 40.3 Å². The summed E-state index contributed by atoms with van der Waals surface area (Å²) in [6.07, 6.45) is 0. The molecular weight excluding hydrogens is 264 g/mol. The molecule has 1 heterocycles. The fraction of sp³-hybridized carbons (Fsp3) is 0.0833. The summed E-state index contributed by atoms with van der Waals surface area (Å²) < 4.78 is 0. The molecule has 6 nitrogen and oxygen atoms in total. The van der Waals surface area contributed by atoms with Gasteiger partial charge in [-0.1, -0.05) is 17.3 Å². The third-order valence-electron chi connectivity index (χ3n) is 2.44. The van der Waals surface area contributed by atoms with E-state index in [9.17, 15) is 4.79 Å². The van der Waals surface area contributed by atoms with Crippen molar-refractivity contribution in [2.75, 3.05) is 0 Å². The standard InChI is InChI=1S/C12H12N4O2S/c13-11(16-18)8-2-1-3-9(4-8)12(17)14-5-10-6-19-7-15-10/h1-4,6-7,18H,5H2,(H2,13,16)(H,14,17). The minimum atomic E-state index is -0.236. The van der Waals surface area contributed by atoms with Gasteiger partial charge in [-0.25, -0.2) is 4.98 Å². The molecule has 0 radical (unpaired) electrons. The van der Waals surface area contributed by atoms with Crippen molar-refractivity contribution < 1.29 is 10.0 Å². The van der Waals surface area contributed by atoms with Crippen LogP contribution in [0.1, 0.15) is 21.6 Å². The van der Waals surface area contributed by atoms with Gasteiger partial charge in [-0.05, 0) is 12.1 Å². The normalized spacial score (nSPS) is 11.3. The molecule has 1 amide bonds. The SMILES string of the molecule is NC(=NO)c1cccc(C(=O)NCc2cscn2)c1. The van der Waals surface area contributed by atoms with Crippen LogP contribution in [0.3, 0.4) is 0 Å². The van der Waals surface area contributed by atoms with E-state index >= 15 is 0 Å². The van der Waals surface area contributed by atoms with Crippen molar-refractivity contribution in [3.05, 3.63) is 52.0 Å². The van der Waals surface area contributed by atoms with E-state index < -0.39 is 0 Å². The molecule has 1 aromatic carbocycles. The molecule has 0 aliphatic rings. The van der Waals surface area contributed by atoms with Crippen molar-refractivity contribution in [1.82, 2.24) is 10.3 Å². The molecule has 0 unspecified atom stereocenters. The summed E-state index contributed by atoms with van der Waals surface area (Å²) in [6, 6.07) is 6.55. The molecule has 0 atom stereocenters. The fourth-order valence-corrected chi connectivity index (χ4v) is 2.03. The number of nitrogens with two attached hydrogens (primary N) is 1. The Balaban J connectivity index is 2.07. The zero-order valence-electron chi connectivity index (χ0n) is 9.91. The van der Waals surface area contributed by atoms with Crippen LogP contribution in [0.25, 0.3) is 0 Å². The lowest BCUT2D eigenvalue weighted by atomic mass is 10.1. The highest BCUT2D eigenvalue weighted by Gasteiger charge is 2.08. The first kappa shape index (κ1) is 13.0. The third kappa shape index (κ3) is 3.29. The molecule has 7 heteroatoms. The Morgan fingerprint density at radius 1 is 1.47 bits per heavy atom. The second kappa shape index (κ2) is 5.96. The number of aromatic nitrogens is 1. The van der Waals surface area contributed by atoms with Crippen molar-refractivity contribution in [1.29, 1.82) is 0 Å². The van der Waals surface area contributed by atoms with E-state index in [4.69, 9.17) is 10.9 Å². The van der Waals surface area contributed by atoms with Gasteiger partial charge in [0.2, 0.25) is 0 Å². The van der Waals surface area contributed by atoms with Crippen LogP contribution in [-0.2, 0) is 6.54 Å². The topological polar surface area (TPSA) is 101 Å². The van der Waals surface area contributed by atoms with Gasteiger partial charge in [-0.3, -0.25) is 4.79 Å². The van der Waals surface area contributed by atoms with Crippen molar-refractivity contribution >= 4 is 23.1 Å². The van der Waals surface area contributed by atoms with Crippen LogP contribution in [0, 0.1) is 0 Å². The monoisotopic (exact) mass is 276 g/mol. The molecule has 98 valence electrons. The lowest BCUT2D eigenvalue weighted by molar-refractivity contribution is 0.0950. The van der Waals surface area contributed by atoms with Gasteiger partial charge in [-0.15, -0.1) is 11.3 Å². The number of benzene rings is 1. The molecule has 0 fully saturated rings. The van der Waals surface area contributed by atoms with E-state index in [-0.39, 0.29) is 11.7 Å². The number of carbonyl (C=O) groups excluding carboxylic acids is 1. The lowest BCUT2D eigenvalue weighted by Crippen LogP contribution is -2.23. The number of nitrogens with one attached hydrogen (secondary N) is 1. The van der Waals surface area contributed by atoms with Gasteiger partial charge in [0.05, 0.1) is 17.7 Å². The van der Waals surface area contributed by atoms with E-state index in [2.05, 4.69) is 15.5 Å². The molecule has 0 saturated carbocycles. The summed E-state index contributed by atoms with van der Waals surface area (Å²) in [5.41, 5.74) is 8.93. The maximum atomic E-state index is 11.9. The number of hydrogen-bond donors (Lipinski definition) is 3. The van der Waals surface area contributed by atoms with E-state index in [1.54, 1.807) is 29.8 Å². The first-order valence-electron chi connectivity index (χ1n) is 5.44. The minimum Gasteiger partial charge on any atom is -0.409 e. The minimum absolute atomic E-state index is 0.0332. The average Bonchev–Trinajstić information content (AvgIpc) is 2.97. The van der Waals surface area contributed by atoms with Crippen LogP contribution >= 0.6 is 11.3 Å². The Morgan fingerprint density at radius 3 is 2.95 bits per heavy atom. The summed E-state index contributed by atoms with van der Waals surface area (Å²) in [5, 5.41) is 16.1. The lowest BCUT2D eigenvalue weighted by Gasteiger charge is -2.05. The molecule has 1 aromatic heterocycles. The van der Waals surface area contributed by atoms with Crippen LogP contribution in [-0.4, -0.2) is 21.9 Å². The van der Waals surface area contributed by atoms with Gasteiger partial charge in [0.1, 0.15) is 0 Å². The third-order valence-corrected chi connectivity index (χ3v) is 3.08. The molecule has 0 bridgehead atoms. The second-order valence-corrected chi connectivity index (χ2v) is 4.45. The Labute approximate surface area is 113 Å². The predicted molar refractivity (Wildman–Crippen MR) is 72.2 cm³/mol. The van der Waals surface area contributed by atoms with Crippen LogP contribution in [0.2, 0.25) is 0 Å². The summed E-state index contributed by atoms with van der Waals surface area (Å²) >= 11 is 1.47. The zero-order chi connectivity index (χ0) is 13.7. The first-order chi connectivity index (χ1) is 9.20. The molecule has 2 rings (SSSR count). The largest absolute Gasteiger partial charge is 0.409 e. The highest BCUT2D eigenvalue weighted by atomic mass is 32.1. The van der Waals surface area contributed by atoms with E-state index in [1.165, 1.54) is 11.3 Å². The summed E-state index contributed by atoms with van der Waals surface area (Å²) in [7, 11) is 0. The maximum absolute atomic E-state index is 11.9. The number of thiazole rings is 1. The van der Waals surface area contributed by atoms with E-state index in [0.29, 0.717) is 17.7 Å². The van der Waals surface area contributed by atoms with E-state index in [0.717, 1.165) is 5.69 Å². The molecule has 4 N–H and O–H groups in total. The smallest absolute Gasteiger partial charge is 0.251 e. The number of amidine groups is 1. The number of oxime groups is 1. The van der Waals surface area contributed by atoms with Gasteiger partial charge in [0.15, 0.2) is 5.84 Å². The van der Waals surface area contributed by atoms with Gasteiger partial charge in [-0.2, -0.15) is 0 Å². The predicted octanol–water partition coefficient (Wildman–Crippen LogP) is 1.17. The molecule has 0 aliphatic carbocycles. The van der Waals surface area contributed by atoms with Gasteiger partial charge in [0.25, 0.3) is 5.91 Å². The molecule has 2 aromatic rings. The summed E-state index contributed by atoms with van der Waals surface area (Å²) in [4.78, 5) is 16.0. The Bertz CT molecular complexity index is 596. The Kier molecular flexibility index (Phi) is 4.09. The van der Waals surface area contributed by atoms with Crippen LogP contribution in [0.5, 0.6) is 0 Å². The maximum Gasteiger partial charge on any atom is 0.251 e. The van der Waals surface area contributed by atoms with Gasteiger partial charge < -0.3 is 16.3 Å². The molecule has 0 saturated heterocycles. The van der Waals surface area contributed by atoms with Gasteiger partial charge in [0, 0.05) is 16.5 Å². The second-order valence-electron chi connectivity index (χ2n) is 3.73. The van der Waals surface area contributed by atoms with Crippen molar-refractivity contribution in [2.45, 2.75) is 6.54 Å². The number of carbonyl (C=O) groups is 1. The van der Waals surface area contributed by atoms with Gasteiger partial charge >= 0.3 is 0 Å². The number of nitrogens with zero attached hydrogens (tertiary/aromatic N) is 2. The quantitative estimate of drug-likeness (QED) is 0.338. The average molecular weight is 276 g/mol. The van der Waals surface area contributed by atoms with Crippen LogP contribution in [0.4, 0.5) is 0 Å². The van der Waals surface area contributed by atoms with Crippen molar-refractivity contribution in [3.63, 3.8) is 0 Å². The van der Waals surface area contributed by atoms with E-state index in [1.807, 2.05) is 5.38 Å². The number of hydrogen-bond acceptors (Lipinski definition) is 5. The van der Waals surface area contributed by atoms with Crippen molar-refractivity contribution in [2.24, 2.45) is 10.9 Å². The highest BCUT2D eigenvalue weighted by molar-refractivity contribution is 7.07. The number of amides is 1. The zero-order valence-corrected chi connectivity index (χ0v) is 10.7. The fourth-order valence-electron chi connectivity index (χ4n) is 1.48. The number of rotatable bonds is 4. The molecular formula is C12H12N4O2S. The Hall–Kier alpha value is -2.41. The van der Waals surface area contributed by atoms with Crippen molar-refractivity contribution in [3.8, 4) is 0 Å². The molecule has 19 heavy (non-hydrogen) atoms. The Morgan fingerprint density at radius 2 is 2.26 bits per heavy atom. The molecule has 0 spiro atoms. The van der Waals surface area contributed by atoms with Crippen LogP contribution < -0.4 is 11.1 Å². The molecule has 0 aliphatic heterocycles.